The molecule has 1 rings (SSSR count). The molecule has 1 N–H and O–H groups in total. The third kappa shape index (κ3) is 5.53. The number of aryl methyl sites for hydroxylation is 1. The zero-order chi connectivity index (χ0) is 16.2. The van der Waals surface area contributed by atoms with E-state index in [1.807, 2.05) is 20.8 Å². The molecule has 0 radical (unpaired) electrons. The molecule has 1 atom stereocenters. The van der Waals surface area contributed by atoms with Crippen LogP contribution in [0.4, 0.5) is 0 Å². The van der Waals surface area contributed by atoms with Gasteiger partial charge in [0.15, 0.2) is 0 Å². The first-order chi connectivity index (χ1) is 9.60. The van der Waals surface area contributed by atoms with Crippen LogP contribution in [0.5, 0.6) is 0 Å². The van der Waals surface area contributed by atoms with Crippen LogP contribution < -0.4 is 5.32 Å². The van der Waals surface area contributed by atoms with Gasteiger partial charge in [-0.3, -0.25) is 9.78 Å². The number of pyridine rings is 1. The molecule has 5 heteroatoms. The summed E-state index contributed by atoms with van der Waals surface area (Å²) >= 11 is 0. The molecule has 0 saturated heterocycles. The molecule has 1 aromatic heterocycles. The Morgan fingerprint density at radius 1 is 1.29 bits per heavy atom. The molecule has 1 amide bonds. The molecule has 0 aliphatic rings. The van der Waals surface area contributed by atoms with Crippen LogP contribution in [0.3, 0.4) is 0 Å². The third-order valence-corrected chi connectivity index (χ3v) is 2.77. The second kappa shape index (κ2) is 6.70. The van der Waals surface area contributed by atoms with Crippen LogP contribution in [0.2, 0.25) is 0 Å². The number of nitrogens with zero attached hydrogens (tertiary/aromatic N) is 1. The fourth-order valence-corrected chi connectivity index (χ4v) is 1.77. The van der Waals surface area contributed by atoms with Crippen LogP contribution in [0.15, 0.2) is 18.3 Å². The van der Waals surface area contributed by atoms with E-state index in [0.717, 1.165) is 5.69 Å². The summed E-state index contributed by atoms with van der Waals surface area (Å²) in [5.74, 6) is -0.784. The van der Waals surface area contributed by atoms with Crippen molar-refractivity contribution in [2.45, 2.75) is 53.2 Å². The maximum Gasteiger partial charge on any atom is 0.329 e. The normalized spacial score (nSPS) is 12.9. The molecule has 0 aromatic carbocycles. The molecule has 116 valence electrons. The number of amides is 1. The van der Waals surface area contributed by atoms with Crippen LogP contribution >= 0.6 is 0 Å². The van der Waals surface area contributed by atoms with Gasteiger partial charge in [-0.25, -0.2) is 4.79 Å². The Morgan fingerprint density at radius 2 is 1.90 bits per heavy atom. The maximum atomic E-state index is 12.2. The number of nitrogens with one attached hydrogen (secondary N) is 1. The van der Waals surface area contributed by atoms with Gasteiger partial charge in [-0.1, -0.05) is 13.8 Å². The number of carbonyl (C=O) groups is 2. The van der Waals surface area contributed by atoms with Gasteiger partial charge in [0.1, 0.15) is 11.6 Å². The van der Waals surface area contributed by atoms with Gasteiger partial charge >= 0.3 is 5.97 Å². The smallest absolute Gasteiger partial charge is 0.329 e. The molecule has 1 aromatic rings. The lowest BCUT2D eigenvalue weighted by atomic mass is 10.0. The van der Waals surface area contributed by atoms with Gasteiger partial charge < -0.3 is 10.1 Å². The molecule has 1 heterocycles. The number of carbonyl (C=O) groups excluding carboxylic acids is 2. The Bertz CT molecular complexity index is 518. The largest absolute Gasteiger partial charge is 0.458 e. The van der Waals surface area contributed by atoms with Crippen LogP contribution in [-0.4, -0.2) is 28.5 Å². The third-order valence-electron chi connectivity index (χ3n) is 2.77. The number of rotatable bonds is 4. The minimum Gasteiger partial charge on any atom is -0.458 e. The molecule has 0 aliphatic heterocycles. The Balaban J connectivity index is 2.84. The van der Waals surface area contributed by atoms with E-state index in [1.165, 1.54) is 0 Å². The molecule has 0 spiro atoms. The Labute approximate surface area is 126 Å². The van der Waals surface area contributed by atoms with Crippen LogP contribution in [0, 0.1) is 12.8 Å². The van der Waals surface area contributed by atoms with Crippen molar-refractivity contribution in [3.05, 3.63) is 29.6 Å². The lowest BCUT2D eigenvalue weighted by Crippen LogP contribution is -2.47. The fourth-order valence-electron chi connectivity index (χ4n) is 1.77. The van der Waals surface area contributed by atoms with E-state index in [2.05, 4.69) is 10.3 Å². The van der Waals surface area contributed by atoms with E-state index in [0.29, 0.717) is 5.56 Å². The molecule has 21 heavy (non-hydrogen) atoms. The molecular formula is C16H24N2O3. The molecule has 0 fully saturated rings. The number of hydrogen-bond acceptors (Lipinski definition) is 4. The average Bonchev–Trinajstić information content (AvgIpc) is 2.32. The Kier molecular flexibility index (Phi) is 5.47. The van der Waals surface area contributed by atoms with Crippen molar-refractivity contribution in [3.8, 4) is 0 Å². The number of ether oxygens (including phenoxy) is 1. The standard InChI is InChI=1S/C16H24N2O3/c1-10(2)13(15(20)21-16(4,5)6)18-14(19)12-7-8-17-11(3)9-12/h7-10,13H,1-6H3,(H,18,19)/t13-/m1/s1. The molecule has 5 nitrogen and oxygen atoms in total. The zero-order valence-corrected chi connectivity index (χ0v) is 13.6. The van der Waals surface area contributed by atoms with Crippen molar-refractivity contribution in [3.63, 3.8) is 0 Å². The van der Waals surface area contributed by atoms with Crippen molar-refractivity contribution >= 4 is 11.9 Å². The van der Waals surface area contributed by atoms with Gasteiger partial charge in [0.05, 0.1) is 0 Å². The van der Waals surface area contributed by atoms with Crippen LogP contribution in [0.1, 0.15) is 50.7 Å². The van der Waals surface area contributed by atoms with Gasteiger partial charge in [0, 0.05) is 17.5 Å². The second-order valence-corrected chi connectivity index (χ2v) is 6.41. The summed E-state index contributed by atoms with van der Waals surface area (Å²) < 4.78 is 5.36. The van der Waals surface area contributed by atoms with E-state index < -0.39 is 17.6 Å². The van der Waals surface area contributed by atoms with E-state index in [4.69, 9.17) is 4.74 Å². The van der Waals surface area contributed by atoms with Gasteiger partial charge in [-0.05, 0) is 45.7 Å². The first kappa shape index (κ1) is 17.1. The zero-order valence-electron chi connectivity index (χ0n) is 13.6. The summed E-state index contributed by atoms with van der Waals surface area (Å²) in [6.45, 7) is 11.0. The lowest BCUT2D eigenvalue weighted by Gasteiger charge is -2.26. The Morgan fingerprint density at radius 3 is 2.38 bits per heavy atom. The average molecular weight is 292 g/mol. The Hall–Kier alpha value is -1.91. The first-order valence-corrected chi connectivity index (χ1v) is 7.06. The second-order valence-electron chi connectivity index (χ2n) is 6.41. The van der Waals surface area contributed by atoms with E-state index >= 15 is 0 Å². The summed E-state index contributed by atoms with van der Waals surface area (Å²) in [5, 5.41) is 2.74. The predicted octanol–water partition coefficient (Wildman–Crippen LogP) is 2.49. The molecule has 0 aliphatic carbocycles. The van der Waals surface area contributed by atoms with Crippen LogP contribution in [0.25, 0.3) is 0 Å². The quantitative estimate of drug-likeness (QED) is 0.866. The van der Waals surface area contributed by atoms with Crippen molar-refractivity contribution in [2.75, 3.05) is 0 Å². The van der Waals surface area contributed by atoms with Gasteiger partial charge in [-0.2, -0.15) is 0 Å². The van der Waals surface area contributed by atoms with Crippen molar-refractivity contribution < 1.29 is 14.3 Å². The summed E-state index contributed by atoms with van der Waals surface area (Å²) in [7, 11) is 0. The summed E-state index contributed by atoms with van der Waals surface area (Å²) in [6, 6.07) is 2.63. The molecule has 0 saturated carbocycles. The molecular weight excluding hydrogens is 268 g/mol. The van der Waals surface area contributed by atoms with Gasteiger partial charge in [-0.15, -0.1) is 0 Å². The highest BCUT2D eigenvalue weighted by molar-refractivity contribution is 5.96. The SMILES string of the molecule is Cc1cc(C(=O)N[C@@H](C(=O)OC(C)(C)C)C(C)C)ccn1. The monoisotopic (exact) mass is 292 g/mol. The van der Waals surface area contributed by atoms with Crippen molar-refractivity contribution in [2.24, 2.45) is 5.92 Å². The summed E-state index contributed by atoms with van der Waals surface area (Å²) in [4.78, 5) is 28.5. The van der Waals surface area contributed by atoms with Gasteiger partial charge in [0.25, 0.3) is 5.91 Å². The van der Waals surface area contributed by atoms with Gasteiger partial charge in [0.2, 0.25) is 0 Å². The minimum atomic E-state index is -0.676. The number of esters is 1. The molecule has 0 unspecified atom stereocenters. The topological polar surface area (TPSA) is 68.3 Å². The van der Waals surface area contributed by atoms with Crippen LogP contribution in [-0.2, 0) is 9.53 Å². The predicted molar refractivity (Wildman–Crippen MR) is 80.9 cm³/mol. The highest BCUT2D eigenvalue weighted by Crippen LogP contribution is 2.13. The van der Waals surface area contributed by atoms with E-state index in [-0.39, 0.29) is 11.8 Å². The van der Waals surface area contributed by atoms with Crippen molar-refractivity contribution in [1.82, 2.24) is 10.3 Å². The number of aromatic nitrogens is 1. The van der Waals surface area contributed by atoms with E-state index in [1.54, 1.807) is 39.1 Å². The number of hydrogen-bond donors (Lipinski definition) is 1. The molecule has 0 bridgehead atoms. The van der Waals surface area contributed by atoms with Crippen molar-refractivity contribution in [1.29, 1.82) is 0 Å². The summed E-state index contributed by atoms with van der Waals surface area (Å²) in [5.41, 5.74) is 0.653. The van der Waals surface area contributed by atoms with E-state index in [9.17, 15) is 9.59 Å². The highest BCUT2D eigenvalue weighted by Gasteiger charge is 2.29. The maximum absolute atomic E-state index is 12.2. The first-order valence-electron chi connectivity index (χ1n) is 7.06. The lowest BCUT2D eigenvalue weighted by molar-refractivity contribution is -0.158. The minimum absolute atomic E-state index is 0.0632. The fraction of sp³-hybridized carbons (Fsp3) is 0.562. The summed E-state index contributed by atoms with van der Waals surface area (Å²) in [6.07, 6.45) is 1.57. The highest BCUT2D eigenvalue weighted by atomic mass is 16.6.